The molecule has 0 saturated heterocycles. The molecule has 0 saturated carbocycles. The first-order valence-electron chi connectivity index (χ1n) is 7.10. The van der Waals surface area contributed by atoms with Crippen LogP contribution in [-0.4, -0.2) is 13.1 Å². The Bertz CT molecular complexity index is 838. The number of carbonyl (C=O) groups excluding carboxylic acids is 1. The summed E-state index contributed by atoms with van der Waals surface area (Å²) in [5.41, 5.74) is 2.25. The molecule has 1 aromatic heterocycles. The van der Waals surface area contributed by atoms with Crippen molar-refractivity contribution in [1.29, 1.82) is 0 Å². The summed E-state index contributed by atoms with van der Waals surface area (Å²) in [5.74, 6) is -0.302. The second-order valence-electron chi connectivity index (χ2n) is 5.01. The van der Waals surface area contributed by atoms with Crippen molar-refractivity contribution in [1.82, 2.24) is 0 Å². The van der Waals surface area contributed by atoms with E-state index in [4.69, 9.17) is 13.9 Å². The molecule has 0 radical (unpaired) electrons. The van der Waals surface area contributed by atoms with Crippen LogP contribution in [0.3, 0.4) is 0 Å². The van der Waals surface area contributed by atoms with E-state index >= 15 is 0 Å². The summed E-state index contributed by atoms with van der Waals surface area (Å²) in [6, 6.07) is 15.1. The normalized spacial score (nSPS) is 10.9. The molecule has 4 nitrogen and oxygen atoms in total. The number of furan rings is 1. The monoisotopic (exact) mass is 374 g/mol. The fraction of sp³-hybridized carbons (Fsp3) is 0.167. The number of ether oxygens (including phenoxy) is 2. The van der Waals surface area contributed by atoms with Crippen molar-refractivity contribution in [3.05, 3.63) is 69.9 Å². The lowest BCUT2D eigenvalue weighted by Crippen LogP contribution is -2.07. The minimum Gasteiger partial charge on any atom is -0.455 e. The van der Waals surface area contributed by atoms with Crippen molar-refractivity contribution >= 4 is 32.9 Å². The Morgan fingerprint density at radius 1 is 1.09 bits per heavy atom. The Kier molecular flexibility index (Phi) is 4.79. The maximum atomic E-state index is 12.4. The number of para-hydroxylation sites is 1. The van der Waals surface area contributed by atoms with E-state index in [1.807, 2.05) is 48.5 Å². The zero-order valence-electron chi connectivity index (χ0n) is 12.5. The van der Waals surface area contributed by atoms with Crippen molar-refractivity contribution in [2.75, 3.05) is 7.11 Å². The third-order valence-electron chi connectivity index (χ3n) is 3.49. The van der Waals surface area contributed by atoms with Gasteiger partial charge in [0.05, 0.1) is 6.61 Å². The Morgan fingerprint density at radius 2 is 1.83 bits per heavy atom. The van der Waals surface area contributed by atoms with Crippen LogP contribution in [0, 0.1) is 0 Å². The lowest BCUT2D eigenvalue weighted by atomic mass is 10.1. The third kappa shape index (κ3) is 3.30. The summed E-state index contributed by atoms with van der Waals surface area (Å²) in [4.78, 5) is 12.4. The van der Waals surface area contributed by atoms with Crippen molar-refractivity contribution < 1.29 is 18.7 Å². The number of methoxy groups -OCH3 is 1. The number of esters is 1. The van der Waals surface area contributed by atoms with Gasteiger partial charge in [0.1, 0.15) is 12.2 Å². The summed E-state index contributed by atoms with van der Waals surface area (Å²) in [6.07, 6.45) is 0. The molecular formula is C18H15BrO4. The Hall–Kier alpha value is -2.11. The van der Waals surface area contributed by atoms with Gasteiger partial charge in [-0.1, -0.05) is 52.3 Å². The number of carbonyl (C=O) groups is 1. The molecule has 0 bridgehead atoms. The van der Waals surface area contributed by atoms with Crippen LogP contribution in [0.1, 0.15) is 21.7 Å². The minimum atomic E-state index is -0.496. The van der Waals surface area contributed by atoms with Gasteiger partial charge in [-0.25, -0.2) is 4.79 Å². The van der Waals surface area contributed by atoms with Crippen LogP contribution in [0.25, 0.3) is 11.0 Å². The molecule has 3 aromatic rings. The molecular weight excluding hydrogens is 360 g/mol. The predicted molar refractivity (Wildman–Crippen MR) is 90.2 cm³/mol. The third-order valence-corrected chi connectivity index (χ3v) is 4.26. The lowest BCUT2D eigenvalue weighted by molar-refractivity contribution is 0.0432. The fourth-order valence-electron chi connectivity index (χ4n) is 2.38. The average Bonchev–Trinajstić information content (AvgIpc) is 2.93. The van der Waals surface area contributed by atoms with Crippen LogP contribution in [0.2, 0.25) is 0 Å². The van der Waals surface area contributed by atoms with Gasteiger partial charge in [-0.2, -0.15) is 0 Å². The molecule has 0 atom stereocenters. The molecule has 0 aliphatic heterocycles. The lowest BCUT2D eigenvalue weighted by Gasteiger charge is -2.06. The van der Waals surface area contributed by atoms with E-state index in [-0.39, 0.29) is 19.0 Å². The first-order valence-corrected chi connectivity index (χ1v) is 7.90. The highest BCUT2D eigenvalue weighted by Crippen LogP contribution is 2.27. The van der Waals surface area contributed by atoms with Gasteiger partial charge in [0.15, 0.2) is 0 Å². The zero-order valence-corrected chi connectivity index (χ0v) is 14.1. The molecule has 5 heteroatoms. The van der Waals surface area contributed by atoms with Crippen LogP contribution in [0.5, 0.6) is 0 Å². The molecule has 0 aliphatic carbocycles. The van der Waals surface area contributed by atoms with Gasteiger partial charge in [0.2, 0.25) is 5.76 Å². The predicted octanol–water partition coefficient (Wildman–Crippen LogP) is 4.70. The molecule has 0 aliphatic rings. The van der Waals surface area contributed by atoms with Crippen LogP contribution < -0.4 is 0 Å². The summed E-state index contributed by atoms with van der Waals surface area (Å²) in [5, 5.41) is 0.863. The van der Waals surface area contributed by atoms with Crippen LogP contribution in [-0.2, 0) is 22.7 Å². The van der Waals surface area contributed by atoms with Crippen molar-refractivity contribution in [3.8, 4) is 0 Å². The molecule has 1 heterocycles. The number of halogens is 1. The number of fused-ring (bicyclic) bond motifs is 1. The fourth-order valence-corrected chi connectivity index (χ4v) is 2.77. The SMILES string of the molecule is COCc1c(C(=O)OCc2ccccc2Br)oc2ccccc12. The highest BCUT2D eigenvalue weighted by atomic mass is 79.9. The largest absolute Gasteiger partial charge is 0.455 e. The molecule has 23 heavy (non-hydrogen) atoms. The van der Waals surface area contributed by atoms with E-state index in [2.05, 4.69) is 15.9 Å². The molecule has 2 aromatic carbocycles. The maximum Gasteiger partial charge on any atom is 0.374 e. The molecule has 3 rings (SSSR count). The maximum absolute atomic E-state index is 12.4. The van der Waals surface area contributed by atoms with E-state index in [9.17, 15) is 4.79 Å². The van der Waals surface area contributed by atoms with Gasteiger partial charge in [-0.15, -0.1) is 0 Å². The van der Waals surface area contributed by atoms with E-state index < -0.39 is 5.97 Å². The van der Waals surface area contributed by atoms with Gasteiger partial charge < -0.3 is 13.9 Å². The molecule has 0 amide bonds. The van der Waals surface area contributed by atoms with Gasteiger partial charge in [0.25, 0.3) is 0 Å². The number of rotatable bonds is 5. The molecule has 0 unspecified atom stereocenters. The van der Waals surface area contributed by atoms with Gasteiger partial charge in [-0.3, -0.25) is 0 Å². The topological polar surface area (TPSA) is 48.7 Å². The first-order chi connectivity index (χ1) is 11.2. The highest BCUT2D eigenvalue weighted by molar-refractivity contribution is 9.10. The standard InChI is InChI=1S/C18H15BrO4/c1-21-11-14-13-7-3-5-9-16(13)23-17(14)18(20)22-10-12-6-2-4-8-15(12)19/h2-9H,10-11H2,1H3. The van der Waals surface area contributed by atoms with Gasteiger partial charge in [0, 0.05) is 28.1 Å². The average molecular weight is 375 g/mol. The van der Waals surface area contributed by atoms with Crippen LogP contribution >= 0.6 is 15.9 Å². The Balaban J connectivity index is 1.86. The van der Waals surface area contributed by atoms with E-state index in [0.29, 0.717) is 11.1 Å². The van der Waals surface area contributed by atoms with Crippen LogP contribution in [0.15, 0.2) is 57.4 Å². The zero-order chi connectivity index (χ0) is 16.2. The van der Waals surface area contributed by atoms with E-state index in [0.717, 1.165) is 15.4 Å². The van der Waals surface area contributed by atoms with Gasteiger partial charge >= 0.3 is 5.97 Å². The smallest absolute Gasteiger partial charge is 0.374 e. The summed E-state index contributed by atoms with van der Waals surface area (Å²) in [6.45, 7) is 0.459. The quantitative estimate of drug-likeness (QED) is 0.607. The van der Waals surface area contributed by atoms with Crippen molar-refractivity contribution in [3.63, 3.8) is 0 Å². The second-order valence-corrected chi connectivity index (χ2v) is 5.86. The number of benzene rings is 2. The van der Waals surface area contributed by atoms with Crippen molar-refractivity contribution in [2.45, 2.75) is 13.2 Å². The summed E-state index contributed by atoms with van der Waals surface area (Å²) >= 11 is 3.44. The van der Waals surface area contributed by atoms with Crippen LogP contribution in [0.4, 0.5) is 0 Å². The number of hydrogen-bond donors (Lipinski definition) is 0. The Morgan fingerprint density at radius 3 is 2.61 bits per heavy atom. The highest BCUT2D eigenvalue weighted by Gasteiger charge is 2.21. The second kappa shape index (κ2) is 6.98. The van der Waals surface area contributed by atoms with E-state index in [1.165, 1.54) is 0 Å². The van der Waals surface area contributed by atoms with Gasteiger partial charge in [-0.05, 0) is 12.1 Å². The summed E-state index contributed by atoms with van der Waals surface area (Å²) < 4.78 is 17.1. The molecule has 0 fully saturated rings. The first kappa shape index (κ1) is 15.8. The molecule has 0 spiro atoms. The molecule has 118 valence electrons. The van der Waals surface area contributed by atoms with Crippen molar-refractivity contribution in [2.24, 2.45) is 0 Å². The molecule has 0 N–H and O–H groups in total. The Labute approximate surface area is 142 Å². The minimum absolute atomic E-state index is 0.170. The summed E-state index contributed by atoms with van der Waals surface area (Å²) in [7, 11) is 1.58. The number of hydrogen-bond acceptors (Lipinski definition) is 4. The van der Waals surface area contributed by atoms with E-state index in [1.54, 1.807) is 7.11 Å².